The zero-order valence-electron chi connectivity index (χ0n) is 16.1. The lowest BCUT2D eigenvalue weighted by Crippen LogP contribution is -2.49. The molecule has 1 aromatic carbocycles. The molecule has 0 atom stereocenters. The van der Waals surface area contributed by atoms with Crippen molar-refractivity contribution < 1.29 is 9.90 Å². The minimum absolute atomic E-state index is 0.00423. The fourth-order valence-electron chi connectivity index (χ4n) is 3.24. The molecule has 2 amide bonds. The Hall–Kier alpha value is -1.75. The molecule has 0 aromatic heterocycles. The Bertz CT molecular complexity index is 543. The van der Waals surface area contributed by atoms with Gasteiger partial charge in [-0.05, 0) is 42.9 Å². The molecule has 1 fully saturated rings. The first-order valence-electron chi connectivity index (χ1n) is 9.37. The number of carbonyl (C=O) groups excluding carboxylic acids is 1. The summed E-state index contributed by atoms with van der Waals surface area (Å²) in [5, 5.41) is 12.1. The smallest absolute Gasteiger partial charge is 0.317 e. The molecular formula is C20H33N3O2. The van der Waals surface area contributed by atoms with Crippen LogP contribution in [-0.4, -0.2) is 54.9 Å². The quantitative estimate of drug-likeness (QED) is 0.861. The Kier molecular flexibility index (Phi) is 6.71. The molecule has 5 heteroatoms. The van der Waals surface area contributed by atoms with Crippen LogP contribution in [0.2, 0.25) is 0 Å². The first kappa shape index (κ1) is 19.6. The Labute approximate surface area is 152 Å². The van der Waals surface area contributed by atoms with E-state index in [2.05, 4.69) is 55.3 Å². The zero-order chi connectivity index (χ0) is 18.4. The predicted octanol–water partition coefficient (Wildman–Crippen LogP) is 2.98. The largest absolute Gasteiger partial charge is 0.395 e. The number of hydrogen-bond acceptors (Lipinski definition) is 3. The summed E-state index contributed by atoms with van der Waals surface area (Å²) >= 11 is 0. The molecule has 1 aliphatic heterocycles. The molecule has 2 N–H and O–H groups in total. The van der Waals surface area contributed by atoms with Gasteiger partial charge >= 0.3 is 6.03 Å². The Morgan fingerprint density at radius 2 is 1.84 bits per heavy atom. The number of amides is 2. The predicted molar refractivity (Wildman–Crippen MR) is 103 cm³/mol. The Morgan fingerprint density at radius 1 is 1.24 bits per heavy atom. The lowest BCUT2D eigenvalue weighted by molar-refractivity contribution is 0.175. The summed E-state index contributed by atoms with van der Waals surface area (Å²) in [6.45, 7) is 11.5. The lowest BCUT2D eigenvalue weighted by Gasteiger charge is -2.35. The van der Waals surface area contributed by atoms with Crippen molar-refractivity contribution in [2.24, 2.45) is 0 Å². The van der Waals surface area contributed by atoms with E-state index in [4.69, 9.17) is 5.11 Å². The van der Waals surface area contributed by atoms with Gasteiger partial charge in [0.25, 0.3) is 0 Å². The van der Waals surface area contributed by atoms with Gasteiger partial charge in [0.2, 0.25) is 0 Å². The van der Waals surface area contributed by atoms with Crippen LogP contribution in [-0.2, 0) is 5.41 Å². The van der Waals surface area contributed by atoms with Gasteiger partial charge in [-0.2, -0.15) is 0 Å². The van der Waals surface area contributed by atoms with Crippen molar-refractivity contribution in [2.45, 2.75) is 52.0 Å². The number of likely N-dealkylation sites (N-methyl/N-ethyl adjacent to an activating group) is 1. The van der Waals surface area contributed by atoms with Crippen LogP contribution >= 0.6 is 0 Å². The number of carbonyl (C=O) groups is 1. The molecule has 0 saturated carbocycles. The molecule has 0 unspecified atom stereocenters. The third-order valence-electron chi connectivity index (χ3n) is 4.96. The van der Waals surface area contributed by atoms with Crippen molar-refractivity contribution in [1.29, 1.82) is 0 Å². The number of piperidine rings is 1. The van der Waals surface area contributed by atoms with Crippen LogP contribution in [0.3, 0.4) is 0 Å². The normalized spacial score (nSPS) is 16.0. The van der Waals surface area contributed by atoms with Gasteiger partial charge in [-0.1, -0.05) is 32.9 Å². The summed E-state index contributed by atoms with van der Waals surface area (Å²) in [7, 11) is 0. The summed E-state index contributed by atoms with van der Waals surface area (Å²) in [6.07, 6.45) is 1.90. The molecule has 1 heterocycles. The molecule has 0 radical (unpaired) electrons. The van der Waals surface area contributed by atoms with Crippen LogP contribution in [0.15, 0.2) is 24.3 Å². The minimum Gasteiger partial charge on any atom is -0.395 e. The van der Waals surface area contributed by atoms with Crippen LogP contribution in [0.25, 0.3) is 0 Å². The number of benzene rings is 1. The van der Waals surface area contributed by atoms with E-state index in [-0.39, 0.29) is 24.1 Å². The van der Waals surface area contributed by atoms with E-state index in [0.29, 0.717) is 13.1 Å². The van der Waals surface area contributed by atoms with Crippen molar-refractivity contribution in [1.82, 2.24) is 10.2 Å². The highest BCUT2D eigenvalue weighted by Crippen LogP contribution is 2.26. The number of aliphatic hydroxyl groups excluding tert-OH is 1. The van der Waals surface area contributed by atoms with E-state index in [0.717, 1.165) is 25.9 Å². The molecule has 1 aliphatic rings. The van der Waals surface area contributed by atoms with Crippen LogP contribution < -0.4 is 10.2 Å². The molecule has 1 aromatic rings. The van der Waals surface area contributed by atoms with Crippen molar-refractivity contribution in [3.05, 3.63) is 29.8 Å². The SMILES string of the molecule is CCN(CCO)C(=O)NC1CCN(c2ccc(C(C)(C)C)cc2)CC1. The third kappa shape index (κ3) is 5.36. The van der Waals surface area contributed by atoms with E-state index in [1.54, 1.807) is 4.90 Å². The summed E-state index contributed by atoms with van der Waals surface area (Å²) in [5.41, 5.74) is 2.78. The van der Waals surface area contributed by atoms with Gasteiger partial charge in [0, 0.05) is 37.9 Å². The first-order chi connectivity index (χ1) is 11.8. The summed E-state index contributed by atoms with van der Waals surface area (Å²) in [5.74, 6) is 0. The molecule has 0 aliphatic carbocycles. The van der Waals surface area contributed by atoms with E-state index >= 15 is 0 Å². The zero-order valence-corrected chi connectivity index (χ0v) is 16.1. The molecule has 140 valence electrons. The molecule has 1 saturated heterocycles. The van der Waals surface area contributed by atoms with Crippen LogP contribution in [0.1, 0.15) is 46.1 Å². The van der Waals surface area contributed by atoms with Crippen molar-refractivity contribution >= 4 is 11.7 Å². The fourth-order valence-corrected chi connectivity index (χ4v) is 3.24. The molecule has 0 bridgehead atoms. The van der Waals surface area contributed by atoms with Crippen LogP contribution in [0.4, 0.5) is 10.5 Å². The van der Waals surface area contributed by atoms with Crippen LogP contribution in [0.5, 0.6) is 0 Å². The average molecular weight is 348 g/mol. The molecule has 0 spiro atoms. The lowest BCUT2D eigenvalue weighted by atomic mass is 9.87. The van der Waals surface area contributed by atoms with E-state index in [1.165, 1.54) is 11.3 Å². The first-order valence-corrected chi connectivity index (χ1v) is 9.37. The maximum absolute atomic E-state index is 12.2. The van der Waals surface area contributed by atoms with Gasteiger partial charge in [0.05, 0.1) is 6.61 Å². The van der Waals surface area contributed by atoms with E-state index < -0.39 is 0 Å². The van der Waals surface area contributed by atoms with Gasteiger partial charge in [-0.15, -0.1) is 0 Å². The Morgan fingerprint density at radius 3 is 2.32 bits per heavy atom. The fraction of sp³-hybridized carbons (Fsp3) is 0.650. The van der Waals surface area contributed by atoms with Crippen molar-refractivity contribution in [3.63, 3.8) is 0 Å². The van der Waals surface area contributed by atoms with Crippen molar-refractivity contribution in [2.75, 3.05) is 37.7 Å². The van der Waals surface area contributed by atoms with Gasteiger partial charge < -0.3 is 20.2 Å². The molecule has 5 nitrogen and oxygen atoms in total. The molecular weight excluding hydrogens is 314 g/mol. The second-order valence-corrected chi connectivity index (χ2v) is 7.81. The summed E-state index contributed by atoms with van der Waals surface area (Å²) in [4.78, 5) is 16.2. The second kappa shape index (κ2) is 8.56. The maximum atomic E-state index is 12.2. The number of hydrogen-bond donors (Lipinski definition) is 2. The molecule has 2 rings (SSSR count). The second-order valence-electron chi connectivity index (χ2n) is 7.81. The topological polar surface area (TPSA) is 55.8 Å². The summed E-state index contributed by atoms with van der Waals surface area (Å²) < 4.78 is 0. The number of anilines is 1. The highest BCUT2D eigenvalue weighted by atomic mass is 16.3. The van der Waals surface area contributed by atoms with Gasteiger partial charge in [-0.3, -0.25) is 0 Å². The number of urea groups is 1. The number of nitrogens with zero attached hydrogens (tertiary/aromatic N) is 2. The Balaban J connectivity index is 1.86. The number of nitrogens with one attached hydrogen (secondary N) is 1. The van der Waals surface area contributed by atoms with Crippen molar-refractivity contribution in [3.8, 4) is 0 Å². The van der Waals surface area contributed by atoms with Gasteiger partial charge in [0.1, 0.15) is 0 Å². The van der Waals surface area contributed by atoms with E-state index in [9.17, 15) is 4.79 Å². The third-order valence-corrected chi connectivity index (χ3v) is 4.96. The number of rotatable bonds is 5. The average Bonchev–Trinajstić information content (AvgIpc) is 2.59. The van der Waals surface area contributed by atoms with Gasteiger partial charge in [0.15, 0.2) is 0 Å². The van der Waals surface area contributed by atoms with Gasteiger partial charge in [-0.25, -0.2) is 4.79 Å². The van der Waals surface area contributed by atoms with E-state index in [1.807, 2.05) is 6.92 Å². The monoisotopic (exact) mass is 347 g/mol. The minimum atomic E-state index is -0.0652. The standard InChI is InChI=1S/C20H33N3O2/c1-5-22(14-15-24)19(25)21-17-10-12-23(13-11-17)18-8-6-16(7-9-18)20(2,3)4/h6-9,17,24H,5,10-15H2,1-4H3,(H,21,25). The highest BCUT2D eigenvalue weighted by molar-refractivity contribution is 5.74. The highest BCUT2D eigenvalue weighted by Gasteiger charge is 2.23. The maximum Gasteiger partial charge on any atom is 0.317 e. The summed E-state index contributed by atoms with van der Waals surface area (Å²) in [6, 6.07) is 9.00. The molecule has 25 heavy (non-hydrogen) atoms. The number of aliphatic hydroxyl groups is 1. The van der Waals surface area contributed by atoms with Crippen LogP contribution in [0, 0.1) is 0 Å².